The Balaban J connectivity index is 2.88. The lowest BCUT2D eigenvalue weighted by Crippen LogP contribution is -2.19. The molecule has 0 saturated heterocycles. The van der Waals surface area contributed by atoms with E-state index in [0.29, 0.717) is 0 Å². The first-order valence-corrected chi connectivity index (χ1v) is 5.44. The van der Waals surface area contributed by atoms with Crippen LogP contribution in [0.2, 0.25) is 0 Å². The maximum atomic E-state index is 11.2. The van der Waals surface area contributed by atoms with E-state index in [1.165, 1.54) is 0 Å². The van der Waals surface area contributed by atoms with Gasteiger partial charge in [-0.3, -0.25) is 4.79 Å². The summed E-state index contributed by atoms with van der Waals surface area (Å²) in [6, 6.07) is 9.48. The second-order valence-corrected chi connectivity index (χ2v) is 3.99. The molecule has 0 aromatic heterocycles. The monoisotopic (exact) mass is 206 g/mol. The van der Waals surface area contributed by atoms with Gasteiger partial charge in [-0.2, -0.15) is 0 Å². The molecule has 0 spiro atoms. The molecule has 0 unspecified atom stereocenters. The van der Waals surface area contributed by atoms with E-state index >= 15 is 0 Å². The van der Waals surface area contributed by atoms with Crippen LogP contribution in [0.5, 0.6) is 0 Å². The van der Waals surface area contributed by atoms with Gasteiger partial charge in [-0.05, 0) is 17.9 Å². The Hall–Kier alpha value is -1.31. The molecule has 0 radical (unpaired) electrons. The highest BCUT2D eigenvalue weighted by atomic mass is 16.4. The van der Waals surface area contributed by atoms with Crippen molar-refractivity contribution in [2.75, 3.05) is 0 Å². The van der Waals surface area contributed by atoms with Crippen LogP contribution in [-0.4, -0.2) is 11.1 Å². The van der Waals surface area contributed by atoms with Gasteiger partial charge in [0.25, 0.3) is 0 Å². The van der Waals surface area contributed by atoms with E-state index in [9.17, 15) is 9.90 Å². The van der Waals surface area contributed by atoms with Crippen molar-refractivity contribution in [2.45, 2.75) is 32.6 Å². The Labute approximate surface area is 90.9 Å². The molecule has 82 valence electrons. The van der Waals surface area contributed by atoms with Crippen LogP contribution in [0.3, 0.4) is 0 Å². The quantitative estimate of drug-likeness (QED) is 0.802. The summed E-state index contributed by atoms with van der Waals surface area (Å²) in [6.45, 7) is 4.09. The maximum absolute atomic E-state index is 11.2. The third-order valence-electron chi connectivity index (χ3n) is 2.74. The molecule has 2 atom stereocenters. The first-order chi connectivity index (χ1) is 7.16. The Morgan fingerprint density at radius 1 is 1.33 bits per heavy atom. The standard InChI is InChI=1S/C13H18O2/c1-3-7-10(2)12(13(14)15)11-8-5-4-6-9-11/h4-6,8-10,12H,3,7H2,1-2H3,(H,14,15)/t10-,12+/m1/s1. The lowest BCUT2D eigenvalue weighted by Gasteiger charge is -2.19. The van der Waals surface area contributed by atoms with E-state index < -0.39 is 5.97 Å². The lowest BCUT2D eigenvalue weighted by molar-refractivity contribution is -0.140. The van der Waals surface area contributed by atoms with Crippen LogP contribution in [-0.2, 0) is 4.79 Å². The van der Waals surface area contributed by atoms with Gasteiger partial charge in [0.05, 0.1) is 5.92 Å². The zero-order valence-corrected chi connectivity index (χ0v) is 9.31. The number of aliphatic carboxylic acids is 1. The average molecular weight is 206 g/mol. The molecule has 1 aromatic carbocycles. The summed E-state index contributed by atoms with van der Waals surface area (Å²) < 4.78 is 0. The molecule has 0 heterocycles. The maximum Gasteiger partial charge on any atom is 0.311 e. The molecule has 1 N–H and O–H groups in total. The van der Waals surface area contributed by atoms with Crippen molar-refractivity contribution < 1.29 is 9.90 Å². The van der Waals surface area contributed by atoms with Crippen LogP contribution in [0.15, 0.2) is 30.3 Å². The second kappa shape index (κ2) is 5.54. The Morgan fingerprint density at radius 3 is 2.40 bits per heavy atom. The molecule has 1 rings (SSSR count). The molecular formula is C13H18O2. The smallest absolute Gasteiger partial charge is 0.311 e. The van der Waals surface area contributed by atoms with Crippen molar-refractivity contribution in [3.63, 3.8) is 0 Å². The van der Waals surface area contributed by atoms with Crippen LogP contribution in [0.25, 0.3) is 0 Å². The van der Waals surface area contributed by atoms with E-state index in [1.54, 1.807) is 0 Å². The van der Waals surface area contributed by atoms with Crippen LogP contribution in [0.1, 0.15) is 38.2 Å². The fourth-order valence-electron chi connectivity index (χ4n) is 2.00. The average Bonchev–Trinajstić information content (AvgIpc) is 2.19. The van der Waals surface area contributed by atoms with Gasteiger partial charge >= 0.3 is 5.97 Å². The topological polar surface area (TPSA) is 37.3 Å². The van der Waals surface area contributed by atoms with E-state index in [0.717, 1.165) is 18.4 Å². The van der Waals surface area contributed by atoms with Crippen LogP contribution < -0.4 is 0 Å². The number of hydrogen-bond acceptors (Lipinski definition) is 1. The minimum Gasteiger partial charge on any atom is -0.481 e. The molecular weight excluding hydrogens is 188 g/mol. The molecule has 0 bridgehead atoms. The van der Waals surface area contributed by atoms with Crippen molar-refractivity contribution in [1.82, 2.24) is 0 Å². The highest BCUT2D eigenvalue weighted by Crippen LogP contribution is 2.27. The Morgan fingerprint density at radius 2 is 1.93 bits per heavy atom. The predicted octanol–water partition coefficient (Wildman–Crippen LogP) is 3.29. The van der Waals surface area contributed by atoms with Gasteiger partial charge in [-0.1, -0.05) is 50.6 Å². The van der Waals surface area contributed by atoms with Crippen molar-refractivity contribution in [1.29, 1.82) is 0 Å². The first kappa shape index (κ1) is 11.8. The fourth-order valence-corrected chi connectivity index (χ4v) is 2.00. The normalized spacial score (nSPS) is 14.5. The molecule has 0 aliphatic carbocycles. The summed E-state index contributed by atoms with van der Waals surface area (Å²) in [4.78, 5) is 11.2. The Kier molecular flexibility index (Phi) is 4.35. The van der Waals surface area contributed by atoms with Gasteiger partial charge in [-0.25, -0.2) is 0 Å². The molecule has 0 fully saturated rings. The molecule has 2 heteroatoms. The molecule has 0 aliphatic heterocycles. The summed E-state index contributed by atoms with van der Waals surface area (Å²) in [6.07, 6.45) is 1.98. The highest BCUT2D eigenvalue weighted by molar-refractivity contribution is 5.76. The van der Waals surface area contributed by atoms with E-state index in [4.69, 9.17) is 0 Å². The molecule has 1 aromatic rings. The first-order valence-electron chi connectivity index (χ1n) is 5.44. The third-order valence-corrected chi connectivity index (χ3v) is 2.74. The van der Waals surface area contributed by atoms with E-state index in [-0.39, 0.29) is 11.8 Å². The molecule has 2 nitrogen and oxygen atoms in total. The number of carboxylic acid groups (broad SMARTS) is 1. The van der Waals surface area contributed by atoms with Crippen LogP contribution >= 0.6 is 0 Å². The van der Waals surface area contributed by atoms with E-state index in [2.05, 4.69) is 6.92 Å². The van der Waals surface area contributed by atoms with Crippen molar-refractivity contribution >= 4 is 5.97 Å². The van der Waals surface area contributed by atoms with Gasteiger partial charge in [0.15, 0.2) is 0 Å². The van der Waals surface area contributed by atoms with Gasteiger partial charge in [-0.15, -0.1) is 0 Å². The fraction of sp³-hybridized carbons (Fsp3) is 0.462. The number of benzene rings is 1. The second-order valence-electron chi connectivity index (χ2n) is 3.99. The van der Waals surface area contributed by atoms with Crippen molar-refractivity contribution in [3.8, 4) is 0 Å². The highest BCUT2D eigenvalue weighted by Gasteiger charge is 2.25. The predicted molar refractivity (Wildman–Crippen MR) is 60.9 cm³/mol. The molecule has 0 aliphatic rings. The van der Waals surface area contributed by atoms with Gasteiger partial charge in [0.2, 0.25) is 0 Å². The van der Waals surface area contributed by atoms with Gasteiger partial charge in [0.1, 0.15) is 0 Å². The number of carbonyl (C=O) groups is 1. The summed E-state index contributed by atoms with van der Waals surface area (Å²) in [7, 11) is 0. The largest absolute Gasteiger partial charge is 0.481 e. The Bertz CT molecular complexity index is 306. The van der Waals surface area contributed by atoms with E-state index in [1.807, 2.05) is 37.3 Å². The number of rotatable bonds is 5. The summed E-state index contributed by atoms with van der Waals surface area (Å²) in [5, 5.41) is 9.22. The van der Waals surface area contributed by atoms with Crippen molar-refractivity contribution in [2.24, 2.45) is 5.92 Å². The van der Waals surface area contributed by atoms with Gasteiger partial charge < -0.3 is 5.11 Å². The minimum absolute atomic E-state index is 0.190. The minimum atomic E-state index is -0.720. The van der Waals surface area contributed by atoms with Crippen molar-refractivity contribution in [3.05, 3.63) is 35.9 Å². The van der Waals surface area contributed by atoms with Crippen LogP contribution in [0.4, 0.5) is 0 Å². The summed E-state index contributed by atoms with van der Waals surface area (Å²) in [5.74, 6) is -0.900. The molecule has 0 amide bonds. The lowest BCUT2D eigenvalue weighted by atomic mass is 9.85. The third kappa shape index (κ3) is 3.08. The zero-order valence-electron chi connectivity index (χ0n) is 9.31. The summed E-state index contributed by atoms with van der Waals surface area (Å²) >= 11 is 0. The SMILES string of the molecule is CCC[C@@H](C)[C@H](C(=O)O)c1ccccc1. The molecule has 15 heavy (non-hydrogen) atoms. The van der Waals surface area contributed by atoms with Gasteiger partial charge in [0, 0.05) is 0 Å². The molecule has 0 saturated carbocycles. The number of carboxylic acids is 1. The summed E-state index contributed by atoms with van der Waals surface area (Å²) in [5.41, 5.74) is 0.908. The zero-order chi connectivity index (χ0) is 11.3. The van der Waals surface area contributed by atoms with Crippen LogP contribution in [0, 0.1) is 5.92 Å². The number of hydrogen-bond donors (Lipinski definition) is 1.